The van der Waals surface area contributed by atoms with Crippen LogP contribution in [0.1, 0.15) is 23.2 Å². The van der Waals surface area contributed by atoms with Crippen LogP contribution in [0.4, 0.5) is 5.95 Å². The maximum atomic E-state index is 12.0. The molecule has 2 N–H and O–H groups in total. The largest absolute Gasteiger partial charge is 0.354 e. The second-order valence-corrected chi connectivity index (χ2v) is 6.33. The molecule has 2 aromatic rings. The van der Waals surface area contributed by atoms with Crippen LogP contribution in [0.5, 0.6) is 0 Å². The summed E-state index contributed by atoms with van der Waals surface area (Å²) in [6.07, 6.45) is 5.46. The van der Waals surface area contributed by atoms with E-state index in [1.807, 2.05) is 12.1 Å². The molecule has 0 radical (unpaired) electrons. The molecule has 1 saturated heterocycles. The van der Waals surface area contributed by atoms with Gasteiger partial charge in [0.25, 0.3) is 5.91 Å². The molecule has 0 bridgehead atoms. The molecule has 1 aliphatic rings. The molecule has 7 heteroatoms. The molecule has 0 spiro atoms. The van der Waals surface area contributed by atoms with Gasteiger partial charge in [-0.3, -0.25) is 9.59 Å². The Morgan fingerprint density at radius 3 is 2.38 bits per heavy atom. The Hall–Kier alpha value is -2.96. The zero-order valence-electron chi connectivity index (χ0n) is 14.6. The molecule has 1 aliphatic heterocycles. The highest BCUT2D eigenvalue weighted by Crippen LogP contribution is 2.19. The van der Waals surface area contributed by atoms with E-state index in [2.05, 4.69) is 25.5 Å². The number of rotatable bonds is 6. The highest BCUT2D eigenvalue weighted by molar-refractivity contribution is 5.96. The van der Waals surface area contributed by atoms with Gasteiger partial charge in [-0.2, -0.15) is 0 Å². The van der Waals surface area contributed by atoms with Gasteiger partial charge in [0.15, 0.2) is 0 Å². The minimum atomic E-state index is -0.239. The number of nitrogens with zero attached hydrogens (tertiary/aromatic N) is 3. The molecule has 3 rings (SSSR count). The molecule has 0 unspecified atom stereocenters. The average molecular weight is 353 g/mol. The summed E-state index contributed by atoms with van der Waals surface area (Å²) in [4.78, 5) is 34.6. The minimum Gasteiger partial charge on any atom is -0.354 e. The Bertz CT molecular complexity index is 715. The molecule has 2 heterocycles. The van der Waals surface area contributed by atoms with Gasteiger partial charge in [-0.15, -0.1) is 0 Å². The van der Waals surface area contributed by atoms with E-state index in [0.29, 0.717) is 18.0 Å². The van der Waals surface area contributed by atoms with Crippen molar-refractivity contribution in [2.24, 2.45) is 5.92 Å². The van der Waals surface area contributed by atoms with Crippen LogP contribution < -0.4 is 15.5 Å². The summed E-state index contributed by atoms with van der Waals surface area (Å²) in [5.74, 6) is 0.794. The Morgan fingerprint density at radius 1 is 1.00 bits per heavy atom. The predicted molar refractivity (Wildman–Crippen MR) is 98.8 cm³/mol. The van der Waals surface area contributed by atoms with E-state index in [-0.39, 0.29) is 18.4 Å². The molecule has 0 atom stereocenters. The van der Waals surface area contributed by atoms with Gasteiger partial charge in [0.1, 0.15) is 0 Å². The van der Waals surface area contributed by atoms with Gasteiger partial charge in [0.05, 0.1) is 6.54 Å². The number of amides is 2. The van der Waals surface area contributed by atoms with Crippen molar-refractivity contribution >= 4 is 17.8 Å². The maximum absolute atomic E-state index is 12.0. The van der Waals surface area contributed by atoms with Crippen LogP contribution in [-0.4, -0.2) is 48.0 Å². The minimum absolute atomic E-state index is 0.00950. The predicted octanol–water partition coefficient (Wildman–Crippen LogP) is 1.24. The lowest BCUT2D eigenvalue weighted by molar-refractivity contribution is -0.120. The molecule has 0 saturated carbocycles. The number of nitrogens with one attached hydrogen (secondary N) is 2. The van der Waals surface area contributed by atoms with Crippen LogP contribution in [0.25, 0.3) is 0 Å². The summed E-state index contributed by atoms with van der Waals surface area (Å²) in [7, 11) is 0. The number of carbonyl (C=O) groups excluding carboxylic acids is 2. The van der Waals surface area contributed by atoms with Crippen molar-refractivity contribution in [3.05, 3.63) is 54.4 Å². The van der Waals surface area contributed by atoms with Gasteiger partial charge in [-0.05, 0) is 37.0 Å². The summed E-state index contributed by atoms with van der Waals surface area (Å²) in [6, 6.07) is 10.7. The molecule has 1 aromatic heterocycles. The van der Waals surface area contributed by atoms with Crippen molar-refractivity contribution in [1.29, 1.82) is 0 Å². The van der Waals surface area contributed by atoms with E-state index in [4.69, 9.17) is 0 Å². The number of hydrogen-bond acceptors (Lipinski definition) is 5. The molecular formula is C19H23N5O2. The molecule has 0 aliphatic carbocycles. The van der Waals surface area contributed by atoms with E-state index in [9.17, 15) is 9.59 Å². The van der Waals surface area contributed by atoms with Crippen LogP contribution >= 0.6 is 0 Å². The van der Waals surface area contributed by atoms with E-state index >= 15 is 0 Å². The zero-order chi connectivity index (χ0) is 18.2. The Labute approximate surface area is 152 Å². The SMILES string of the molecule is O=C(CNC(=O)c1ccccc1)NCC1CCN(c2ncccn2)CC1. The van der Waals surface area contributed by atoms with Crippen molar-refractivity contribution in [3.63, 3.8) is 0 Å². The van der Waals surface area contributed by atoms with Crippen molar-refractivity contribution in [2.75, 3.05) is 31.1 Å². The molecule has 136 valence electrons. The van der Waals surface area contributed by atoms with Crippen molar-refractivity contribution < 1.29 is 9.59 Å². The molecule has 1 aromatic carbocycles. The van der Waals surface area contributed by atoms with Gasteiger partial charge in [-0.1, -0.05) is 18.2 Å². The van der Waals surface area contributed by atoms with Crippen LogP contribution in [0.15, 0.2) is 48.8 Å². The van der Waals surface area contributed by atoms with Gasteiger partial charge in [-0.25, -0.2) is 9.97 Å². The van der Waals surface area contributed by atoms with Crippen LogP contribution in [0.3, 0.4) is 0 Å². The number of anilines is 1. The average Bonchev–Trinajstić information content (AvgIpc) is 2.72. The number of benzene rings is 1. The number of hydrogen-bond donors (Lipinski definition) is 2. The van der Waals surface area contributed by atoms with Gasteiger partial charge >= 0.3 is 0 Å². The fraction of sp³-hybridized carbons (Fsp3) is 0.368. The lowest BCUT2D eigenvalue weighted by Crippen LogP contribution is -2.42. The van der Waals surface area contributed by atoms with E-state index < -0.39 is 0 Å². The summed E-state index contributed by atoms with van der Waals surface area (Å²) in [5.41, 5.74) is 0.552. The Kier molecular flexibility index (Phi) is 6.14. The van der Waals surface area contributed by atoms with Crippen molar-refractivity contribution in [1.82, 2.24) is 20.6 Å². The molecule has 2 amide bonds. The third-order valence-electron chi connectivity index (χ3n) is 4.48. The molecule has 26 heavy (non-hydrogen) atoms. The van der Waals surface area contributed by atoms with Gasteiger partial charge in [0.2, 0.25) is 11.9 Å². The fourth-order valence-electron chi connectivity index (χ4n) is 2.96. The third kappa shape index (κ3) is 5.02. The highest BCUT2D eigenvalue weighted by atomic mass is 16.2. The summed E-state index contributed by atoms with van der Waals surface area (Å²) in [6.45, 7) is 2.39. The second kappa shape index (κ2) is 8.94. The topological polar surface area (TPSA) is 87.2 Å². The van der Waals surface area contributed by atoms with Gasteiger partial charge < -0.3 is 15.5 Å². The van der Waals surface area contributed by atoms with Crippen LogP contribution in [0.2, 0.25) is 0 Å². The fourth-order valence-corrected chi connectivity index (χ4v) is 2.96. The maximum Gasteiger partial charge on any atom is 0.251 e. The highest BCUT2D eigenvalue weighted by Gasteiger charge is 2.21. The lowest BCUT2D eigenvalue weighted by atomic mass is 9.97. The van der Waals surface area contributed by atoms with Crippen molar-refractivity contribution in [3.8, 4) is 0 Å². The molecule has 1 fully saturated rings. The lowest BCUT2D eigenvalue weighted by Gasteiger charge is -2.31. The van der Waals surface area contributed by atoms with E-state index in [0.717, 1.165) is 31.9 Å². The quantitative estimate of drug-likeness (QED) is 0.816. The number of carbonyl (C=O) groups is 2. The van der Waals surface area contributed by atoms with Crippen LogP contribution in [-0.2, 0) is 4.79 Å². The standard InChI is InChI=1S/C19H23N5O2/c25-17(14-23-18(26)16-5-2-1-3-6-16)22-13-15-7-11-24(12-8-15)19-20-9-4-10-21-19/h1-6,9-10,15H,7-8,11-14H2,(H,22,25)(H,23,26). The zero-order valence-corrected chi connectivity index (χ0v) is 14.6. The first-order chi connectivity index (χ1) is 12.7. The second-order valence-electron chi connectivity index (χ2n) is 6.33. The van der Waals surface area contributed by atoms with Gasteiger partial charge in [0, 0.05) is 37.6 Å². The smallest absolute Gasteiger partial charge is 0.251 e. The third-order valence-corrected chi connectivity index (χ3v) is 4.48. The summed E-state index contributed by atoms with van der Waals surface area (Å²) < 4.78 is 0. The van der Waals surface area contributed by atoms with E-state index in [1.165, 1.54) is 0 Å². The Morgan fingerprint density at radius 2 is 1.69 bits per heavy atom. The summed E-state index contributed by atoms with van der Waals surface area (Å²) in [5, 5.41) is 5.55. The normalized spacial score (nSPS) is 14.7. The first kappa shape index (κ1) is 17.8. The summed E-state index contributed by atoms with van der Waals surface area (Å²) >= 11 is 0. The number of aromatic nitrogens is 2. The first-order valence-corrected chi connectivity index (χ1v) is 8.84. The number of piperidine rings is 1. The molecular weight excluding hydrogens is 330 g/mol. The Balaban J connectivity index is 1.35. The first-order valence-electron chi connectivity index (χ1n) is 8.84. The van der Waals surface area contributed by atoms with Crippen molar-refractivity contribution in [2.45, 2.75) is 12.8 Å². The monoisotopic (exact) mass is 353 g/mol. The van der Waals surface area contributed by atoms with Crippen LogP contribution in [0, 0.1) is 5.92 Å². The molecule has 7 nitrogen and oxygen atoms in total. The van der Waals surface area contributed by atoms with E-state index in [1.54, 1.807) is 36.7 Å².